The number of pyridine rings is 2. The van der Waals surface area contributed by atoms with Gasteiger partial charge in [-0.2, -0.15) is 10.2 Å². The van der Waals surface area contributed by atoms with E-state index in [1.807, 2.05) is 12.1 Å². The van der Waals surface area contributed by atoms with Crippen molar-refractivity contribution in [1.82, 2.24) is 59.4 Å². The maximum atomic E-state index is 14.5. The first-order chi connectivity index (χ1) is 24.4. The number of nitrogens with two attached hydrogens (primary N) is 2. The van der Waals surface area contributed by atoms with E-state index in [9.17, 15) is 8.78 Å². The molecule has 0 aliphatic heterocycles. The maximum Gasteiger partial charge on any atom is 0.186 e. The van der Waals surface area contributed by atoms with Crippen LogP contribution in [-0.4, -0.2) is 59.4 Å². The van der Waals surface area contributed by atoms with Crippen molar-refractivity contribution >= 4 is 56.0 Å². The Kier molecular flexibility index (Phi) is 6.55. The van der Waals surface area contributed by atoms with Crippen molar-refractivity contribution < 1.29 is 8.78 Å². The van der Waals surface area contributed by atoms with Crippen LogP contribution in [0, 0.1) is 11.6 Å². The van der Waals surface area contributed by atoms with Crippen molar-refractivity contribution in [3.8, 4) is 23.0 Å². The molecule has 2 aromatic carbocycles. The summed E-state index contributed by atoms with van der Waals surface area (Å²) in [5.74, 6) is -0.312. The highest BCUT2D eigenvalue weighted by Crippen LogP contribution is 2.31. The maximum absolute atomic E-state index is 14.5. The van der Waals surface area contributed by atoms with Gasteiger partial charge in [-0.25, -0.2) is 58.0 Å². The topological polar surface area (TPSA) is 191 Å². The molecule has 7 aromatic heterocycles. The van der Waals surface area contributed by atoms with Gasteiger partial charge in [0.2, 0.25) is 0 Å². The van der Waals surface area contributed by atoms with Crippen LogP contribution in [0.4, 0.5) is 20.4 Å². The fourth-order valence-electron chi connectivity index (χ4n) is 5.86. The lowest BCUT2D eigenvalue weighted by Gasteiger charge is -2.07. The van der Waals surface area contributed by atoms with E-state index in [1.165, 1.54) is 12.1 Å². The fraction of sp³-hybridized carbons (Fsp3) is 0.0588. The lowest BCUT2D eigenvalue weighted by molar-refractivity contribution is 0.589. The van der Waals surface area contributed by atoms with E-state index in [0.29, 0.717) is 44.6 Å². The number of fused-ring (bicyclic) bond motifs is 4. The van der Waals surface area contributed by atoms with Gasteiger partial charge in [-0.3, -0.25) is 0 Å². The molecule has 50 heavy (non-hydrogen) atoms. The highest BCUT2D eigenvalue weighted by molar-refractivity contribution is 5.96. The zero-order valence-electron chi connectivity index (χ0n) is 25.8. The third-order valence-corrected chi connectivity index (χ3v) is 8.21. The summed E-state index contributed by atoms with van der Waals surface area (Å²) in [5, 5.41) is 10.7. The van der Waals surface area contributed by atoms with Gasteiger partial charge in [0.25, 0.3) is 0 Å². The Balaban J connectivity index is 1.17. The monoisotopic (exact) mass is 664 g/mol. The summed E-state index contributed by atoms with van der Waals surface area (Å²) in [5.41, 5.74) is 16.2. The number of nitrogen functional groups attached to an aromatic ring is 2. The molecule has 242 valence electrons. The molecule has 16 heteroatoms. The number of hydrogen-bond acceptors (Lipinski definition) is 12. The van der Waals surface area contributed by atoms with Crippen molar-refractivity contribution in [1.29, 1.82) is 0 Å². The van der Waals surface area contributed by atoms with Gasteiger partial charge in [-0.1, -0.05) is 36.4 Å². The Morgan fingerprint density at radius 2 is 0.980 bits per heavy atom. The Labute approximate surface area is 279 Å². The van der Waals surface area contributed by atoms with E-state index in [2.05, 4.69) is 39.9 Å². The molecular formula is C34H22F2N14. The number of hydrogen-bond donors (Lipinski definition) is 2. The van der Waals surface area contributed by atoms with Gasteiger partial charge < -0.3 is 11.5 Å². The molecule has 0 saturated heterocycles. The standard InChI is InChI=1S/C34H22F2N14/c35-21-11-3-1-7-17(21)15-49-33-19(9-5-13-39-33)23(47-49)29-42-27(37)25-31(44-29)46-32-26(41-25)28(38)43-30(45-32)24-20-10-6-14-40-34(20)50(48-24)16-18-8-2-4-12-22(18)36/h1-14H,15-16H2,(H4,37,38,42,43,44,45,46). The van der Waals surface area contributed by atoms with Crippen LogP contribution in [0.15, 0.2) is 85.2 Å². The molecule has 0 saturated carbocycles. The first-order valence-electron chi connectivity index (χ1n) is 15.3. The number of halogens is 2. The predicted molar refractivity (Wildman–Crippen MR) is 181 cm³/mol. The Morgan fingerprint density at radius 3 is 1.44 bits per heavy atom. The average molecular weight is 665 g/mol. The van der Waals surface area contributed by atoms with E-state index < -0.39 is 0 Å². The first-order valence-corrected chi connectivity index (χ1v) is 15.3. The van der Waals surface area contributed by atoms with Crippen molar-refractivity contribution in [3.05, 3.63) is 108 Å². The Morgan fingerprint density at radius 1 is 0.520 bits per heavy atom. The lowest BCUT2D eigenvalue weighted by Crippen LogP contribution is -2.07. The number of nitrogens with zero attached hydrogens (tertiary/aromatic N) is 12. The SMILES string of the molecule is Nc1nc(-c2nn(Cc3ccccc3F)c3ncccc23)nc2nc3nc(-c4nn(Cc5ccccc5F)c5ncccc45)nc(N)c3nc12. The highest BCUT2D eigenvalue weighted by atomic mass is 19.1. The van der Waals surface area contributed by atoms with Gasteiger partial charge in [0.1, 0.15) is 23.0 Å². The van der Waals surface area contributed by atoms with E-state index in [-0.39, 0.29) is 70.3 Å². The summed E-state index contributed by atoms with van der Waals surface area (Å²) < 4.78 is 32.3. The van der Waals surface area contributed by atoms with E-state index in [1.54, 1.807) is 70.3 Å². The minimum absolute atomic E-state index is 0.0347. The summed E-state index contributed by atoms with van der Waals surface area (Å²) in [6, 6.07) is 20.1. The van der Waals surface area contributed by atoms with E-state index in [4.69, 9.17) is 21.7 Å². The van der Waals surface area contributed by atoms with Crippen molar-refractivity contribution in [2.75, 3.05) is 11.5 Å². The predicted octanol–water partition coefficient (Wildman–Crippen LogP) is 4.73. The summed E-state index contributed by atoms with van der Waals surface area (Å²) >= 11 is 0. The Hall–Kier alpha value is -7.10. The highest BCUT2D eigenvalue weighted by Gasteiger charge is 2.22. The minimum Gasteiger partial charge on any atom is -0.382 e. The molecule has 7 heterocycles. The third-order valence-electron chi connectivity index (χ3n) is 8.21. The minimum atomic E-state index is -0.358. The second-order valence-electron chi connectivity index (χ2n) is 11.4. The molecule has 0 spiro atoms. The van der Waals surface area contributed by atoms with Crippen molar-refractivity contribution in [2.45, 2.75) is 13.1 Å². The number of anilines is 2. The fourth-order valence-corrected chi connectivity index (χ4v) is 5.86. The van der Waals surface area contributed by atoms with Crippen LogP contribution in [0.25, 0.3) is 67.4 Å². The largest absolute Gasteiger partial charge is 0.382 e. The normalized spacial score (nSPS) is 11.7. The molecule has 9 aromatic rings. The summed E-state index contributed by atoms with van der Waals surface area (Å²) in [6.07, 6.45) is 3.26. The molecule has 0 aliphatic carbocycles. The number of aromatic nitrogens is 12. The van der Waals surface area contributed by atoms with Gasteiger partial charge in [-0.15, -0.1) is 0 Å². The van der Waals surface area contributed by atoms with E-state index in [0.717, 1.165) is 0 Å². The van der Waals surface area contributed by atoms with Crippen LogP contribution in [0.1, 0.15) is 11.1 Å². The van der Waals surface area contributed by atoms with Crippen LogP contribution in [-0.2, 0) is 13.1 Å². The van der Waals surface area contributed by atoms with E-state index >= 15 is 0 Å². The average Bonchev–Trinajstić information content (AvgIpc) is 3.68. The summed E-state index contributed by atoms with van der Waals surface area (Å²) in [7, 11) is 0. The van der Waals surface area contributed by atoms with Crippen LogP contribution < -0.4 is 11.5 Å². The van der Waals surface area contributed by atoms with Gasteiger partial charge in [0.05, 0.1) is 23.9 Å². The van der Waals surface area contributed by atoms with Crippen molar-refractivity contribution in [3.63, 3.8) is 0 Å². The van der Waals surface area contributed by atoms with Crippen LogP contribution in [0.3, 0.4) is 0 Å². The van der Waals surface area contributed by atoms with Gasteiger partial charge in [0, 0.05) is 23.5 Å². The molecule has 9 rings (SSSR count). The van der Waals surface area contributed by atoms with Crippen molar-refractivity contribution in [2.24, 2.45) is 0 Å². The first kappa shape index (κ1) is 29.1. The van der Waals surface area contributed by atoms with Crippen LogP contribution in [0.5, 0.6) is 0 Å². The number of benzene rings is 2. The zero-order chi connectivity index (χ0) is 33.9. The molecule has 0 amide bonds. The number of rotatable bonds is 6. The molecule has 0 radical (unpaired) electrons. The van der Waals surface area contributed by atoms with Gasteiger partial charge >= 0.3 is 0 Å². The zero-order valence-corrected chi connectivity index (χ0v) is 25.8. The molecule has 0 bridgehead atoms. The van der Waals surface area contributed by atoms with Crippen LogP contribution >= 0.6 is 0 Å². The second kappa shape index (κ2) is 11.3. The molecule has 0 unspecified atom stereocenters. The molecule has 14 nitrogen and oxygen atoms in total. The lowest BCUT2D eigenvalue weighted by atomic mass is 10.2. The summed E-state index contributed by atoms with van der Waals surface area (Å²) in [4.78, 5) is 36.6. The quantitative estimate of drug-likeness (QED) is 0.233. The molecule has 4 N–H and O–H groups in total. The van der Waals surface area contributed by atoms with Gasteiger partial charge in [0.15, 0.2) is 56.9 Å². The molecular weight excluding hydrogens is 642 g/mol. The molecule has 0 aliphatic rings. The second-order valence-corrected chi connectivity index (χ2v) is 11.4. The molecule has 0 atom stereocenters. The van der Waals surface area contributed by atoms with Gasteiger partial charge in [-0.05, 0) is 36.4 Å². The Bertz CT molecular complexity index is 2610. The smallest absolute Gasteiger partial charge is 0.186 e. The van der Waals surface area contributed by atoms with Crippen LogP contribution in [0.2, 0.25) is 0 Å². The third kappa shape index (κ3) is 4.76. The summed E-state index contributed by atoms with van der Waals surface area (Å²) in [6.45, 7) is 0.264. The molecule has 0 fully saturated rings.